The third-order valence-electron chi connectivity index (χ3n) is 2.86. The Morgan fingerprint density at radius 1 is 1.55 bits per heavy atom. The molecule has 1 aromatic rings. The number of carbonyl (C=O) groups is 1. The normalized spacial score (nSPS) is 12.7. The van der Waals surface area contributed by atoms with Gasteiger partial charge in [-0.1, -0.05) is 6.07 Å². The monoisotopic (exact) mass is 387 g/mol. The molecule has 0 aliphatic carbocycles. The van der Waals surface area contributed by atoms with Crippen LogP contribution in [0, 0.1) is 0 Å². The number of nitrogens with zero attached hydrogens (tertiary/aromatic N) is 1. The smallest absolute Gasteiger partial charge is 0.252 e. The van der Waals surface area contributed by atoms with Gasteiger partial charge in [0.05, 0.1) is 6.04 Å². The third kappa shape index (κ3) is 6.43. The zero-order valence-electron chi connectivity index (χ0n) is 12.5. The fourth-order valence-electron chi connectivity index (χ4n) is 1.53. The molecule has 1 heterocycles. The fourth-order valence-corrected chi connectivity index (χ4v) is 4.39. The van der Waals surface area contributed by atoms with E-state index < -0.39 is 16.1 Å². The maximum Gasteiger partial charge on any atom is 0.252 e. The van der Waals surface area contributed by atoms with Gasteiger partial charge in [0.25, 0.3) is 10.0 Å². The van der Waals surface area contributed by atoms with Gasteiger partial charge in [-0.15, -0.1) is 23.7 Å². The maximum absolute atomic E-state index is 12.1. The quantitative estimate of drug-likeness (QED) is 0.659. The highest BCUT2D eigenvalue weighted by molar-refractivity contribution is 7.98. The SMILES string of the molecule is CSCCC(N)C(=O)NCCN(C)S(=O)(=O)c1cccs1.Cl. The largest absolute Gasteiger partial charge is 0.353 e. The van der Waals surface area contributed by atoms with Gasteiger partial charge < -0.3 is 11.1 Å². The molecule has 1 amide bonds. The van der Waals surface area contributed by atoms with E-state index in [2.05, 4.69) is 5.32 Å². The van der Waals surface area contributed by atoms with Crippen molar-refractivity contribution in [3.8, 4) is 0 Å². The molecule has 128 valence electrons. The Morgan fingerprint density at radius 2 is 2.23 bits per heavy atom. The van der Waals surface area contributed by atoms with E-state index in [1.54, 1.807) is 29.3 Å². The number of hydrogen-bond acceptors (Lipinski definition) is 6. The molecule has 1 atom stereocenters. The van der Waals surface area contributed by atoms with Crippen LogP contribution in [-0.4, -0.2) is 56.8 Å². The van der Waals surface area contributed by atoms with Crippen LogP contribution in [0.5, 0.6) is 0 Å². The summed E-state index contributed by atoms with van der Waals surface area (Å²) in [7, 11) is -1.97. The molecule has 0 radical (unpaired) electrons. The average Bonchev–Trinajstić information content (AvgIpc) is 2.99. The van der Waals surface area contributed by atoms with Crippen LogP contribution in [0.15, 0.2) is 21.7 Å². The first-order chi connectivity index (χ1) is 9.89. The van der Waals surface area contributed by atoms with Crippen molar-refractivity contribution in [2.75, 3.05) is 32.1 Å². The van der Waals surface area contributed by atoms with Gasteiger partial charge in [0.15, 0.2) is 0 Å². The molecule has 3 N–H and O–H groups in total. The highest BCUT2D eigenvalue weighted by atomic mass is 35.5. The van der Waals surface area contributed by atoms with E-state index in [0.29, 0.717) is 10.6 Å². The second-order valence-electron chi connectivity index (χ2n) is 4.44. The number of thioether (sulfide) groups is 1. The fraction of sp³-hybridized carbons (Fsp3) is 0.583. The van der Waals surface area contributed by atoms with Crippen LogP contribution in [-0.2, 0) is 14.8 Å². The van der Waals surface area contributed by atoms with Crippen molar-refractivity contribution in [3.05, 3.63) is 17.5 Å². The molecule has 0 saturated heterocycles. The van der Waals surface area contributed by atoms with Gasteiger partial charge in [-0.2, -0.15) is 16.1 Å². The van der Waals surface area contributed by atoms with Gasteiger partial charge in [0, 0.05) is 20.1 Å². The van der Waals surface area contributed by atoms with Crippen LogP contribution < -0.4 is 11.1 Å². The number of hydrogen-bond donors (Lipinski definition) is 2. The molecule has 0 bridgehead atoms. The summed E-state index contributed by atoms with van der Waals surface area (Å²) in [6.07, 6.45) is 2.56. The molecule has 0 spiro atoms. The highest BCUT2D eigenvalue weighted by Gasteiger charge is 2.21. The van der Waals surface area contributed by atoms with E-state index in [0.717, 1.165) is 5.75 Å². The predicted molar refractivity (Wildman–Crippen MR) is 95.4 cm³/mol. The van der Waals surface area contributed by atoms with Crippen LogP contribution in [0.4, 0.5) is 0 Å². The minimum Gasteiger partial charge on any atom is -0.353 e. The molecular weight excluding hydrogens is 366 g/mol. The third-order valence-corrected chi connectivity index (χ3v) is 6.73. The Bertz CT molecular complexity index is 537. The van der Waals surface area contributed by atoms with Crippen molar-refractivity contribution in [2.24, 2.45) is 5.73 Å². The molecule has 6 nitrogen and oxygen atoms in total. The number of halogens is 1. The van der Waals surface area contributed by atoms with Gasteiger partial charge in [-0.3, -0.25) is 4.79 Å². The number of rotatable bonds is 9. The Morgan fingerprint density at radius 3 is 2.77 bits per heavy atom. The van der Waals surface area contributed by atoms with E-state index >= 15 is 0 Å². The first-order valence-electron chi connectivity index (χ1n) is 6.41. The van der Waals surface area contributed by atoms with E-state index in [9.17, 15) is 13.2 Å². The first kappa shape index (κ1) is 21.7. The van der Waals surface area contributed by atoms with Gasteiger partial charge >= 0.3 is 0 Å². The van der Waals surface area contributed by atoms with E-state index in [1.165, 1.54) is 22.7 Å². The molecule has 0 aromatic carbocycles. The van der Waals surface area contributed by atoms with Crippen molar-refractivity contribution >= 4 is 51.4 Å². The summed E-state index contributed by atoms with van der Waals surface area (Å²) in [4.78, 5) is 11.7. The van der Waals surface area contributed by atoms with Crippen molar-refractivity contribution < 1.29 is 13.2 Å². The summed E-state index contributed by atoms with van der Waals surface area (Å²) >= 11 is 2.80. The minimum atomic E-state index is -3.46. The van der Waals surface area contributed by atoms with Gasteiger partial charge in [0.1, 0.15) is 4.21 Å². The summed E-state index contributed by atoms with van der Waals surface area (Å²) in [5.74, 6) is 0.576. The molecule has 0 aliphatic rings. The average molecular weight is 388 g/mol. The lowest BCUT2D eigenvalue weighted by molar-refractivity contribution is -0.122. The van der Waals surface area contributed by atoms with Gasteiger partial charge in [0.2, 0.25) is 5.91 Å². The summed E-state index contributed by atoms with van der Waals surface area (Å²) < 4.78 is 25.8. The molecule has 1 aromatic heterocycles. The molecule has 0 aliphatic heterocycles. The van der Waals surface area contributed by atoms with Crippen molar-refractivity contribution in [3.63, 3.8) is 0 Å². The Kier molecular flexibility index (Phi) is 10.3. The van der Waals surface area contributed by atoms with Gasteiger partial charge in [-0.25, -0.2) is 8.42 Å². The molecule has 0 saturated carbocycles. The lowest BCUT2D eigenvalue weighted by Gasteiger charge is -2.17. The lowest BCUT2D eigenvalue weighted by Crippen LogP contribution is -2.44. The number of nitrogens with two attached hydrogens (primary N) is 1. The number of likely N-dealkylation sites (N-methyl/N-ethyl adjacent to an activating group) is 1. The second kappa shape index (κ2) is 10.5. The topological polar surface area (TPSA) is 92.5 Å². The van der Waals surface area contributed by atoms with Crippen LogP contribution in [0.3, 0.4) is 0 Å². The number of nitrogens with one attached hydrogen (secondary N) is 1. The van der Waals surface area contributed by atoms with E-state index in [1.807, 2.05) is 6.26 Å². The summed E-state index contributed by atoms with van der Waals surface area (Å²) in [5.41, 5.74) is 5.73. The Balaban J connectivity index is 0.00000441. The van der Waals surface area contributed by atoms with Gasteiger partial charge in [-0.05, 0) is 29.9 Å². The summed E-state index contributed by atoms with van der Waals surface area (Å²) in [6, 6.07) is 2.71. The van der Waals surface area contributed by atoms with Crippen LogP contribution in [0.2, 0.25) is 0 Å². The van der Waals surface area contributed by atoms with Crippen LogP contribution in [0.1, 0.15) is 6.42 Å². The number of thiophene rings is 1. The molecule has 1 unspecified atom stereocenters. The molecule has 1 rings (SSSR count). The summed E-state index contributed by atoms with van der Waals surface area (Å²) in [5, 5.41) is 4.38. The summed E-state index contributed by atoms with van der Waals surface area (Å²) in [6.45, 7) is 0.453. The van der Waals surface area contributed by atoms with Crippen LogP contribution in [0.25, 0.3) is 0 Å². The van der Waals surface area contributed by atoms with Crippen molar-refractivity contribution in [1.29, 1.82) is 0 Å². The van der Waals surface area contributed by atoms with Crippen molar-refractivity contribution in [1.82, 2.24) is 9.62 Å². The Labute approximate surface area is 146 Å². The molecular formula is C12H22ClN3O3S3. The predicted octanol–water partition coefficient (Wildman–Crippen LogP) is 0.987. The Hall–Kier alpha value is -0.320. The molecule has 22 heavy (non-hydrogen) atoms. The van der Waals surface area contributed by atoms with E-state index in [-0.39, 0.29) is 31.4 Å². The zero-order valence-corrected chi connectivity index (χ0v) is 15.8. The number of carbonyl (C=O) groups excluding carboxylic acids is 1. The second-order valence-corrected chi connectivity index (χ2v) is 8.64. The number of sulfonamides is 1. The maximum atomic E-state index is 12.1. The van der Waals surface area contributed by atoms with E-state index in [4.69, 9.17) is 5.73 Å². The molecule has 10 heteroatoms. The minimum absolute atomic E-state index is 0. The molecule has 0 fully saturated rings. The number of amides is 1. The lowest BCUT2D eigenvalue weighted by atomic mass is 10.2. The standard InChI is InChI=1S/C12H21N3O3S3.ClH/c1-15(21(17,18)11-4-3-8-20-11)7-6-14-12(16)10(13)5-9-19-2;/h3-4,8,10H,5-7,9,13H2,1-2H3,(H,14,16);1H. The zero-order chi connectivity index (χ0) is 15.9. The van der Waals surface area contributed by atoms with Crippen LogP contribution >= 0.6 is 35.5 Å². The van der Waals surface area contributed by atoms with Crippen molar-refractivity contribution in [2.45, 2.75) is 16.7 Å². The highest BCUT2D eigenvalue weighted by Crippen LogP contribution is 2.19. The first-order valence-corrected chi connectivity index (χ1v) is 10.1.